The number of amides is 1. The van der Waals surface area contributed by atoms with Gasteiger partial charge in [-0.2, -0.15) is 0 Å². The number of pyridine rings is 1. The lowest BCUT2D eigenvalue weighted by molar-refractivity contribution is 0.0954. The molecule has 1 aromatic rings. The summed E-state index contributed by atoms with van der Waals surface area (Å²) in [6, 6.07) is 3.37. The van der Waals surface area contributed by atoms with Crippen LogP contribution in [0.5, 0.6) is 0 Å². The highest BCUT2D eigenvalue weighted by Gasteiger charge is 2.18. The zero-order valence-corrected chi connectivity index (χ0v) is 11.8. The minimum Gasteiger partial charge on any atom is -0.352 e. The van der Waals surface area contributed by atoms with Gasteiger partial charge >= 0.3 is 0 Å². The number of carbonyl (C=O) groups is 1. The van der Waals surface area contributed by atoms with E-state index >= 15 is 0 Å². The van der Waals surface area contributed by atoms with E-state index in [0.29, 0.717) is 17.3 Å². The fourth-order valence-electron chi connectivity index (χ4n) is 1.40. The summed E-state index contributed by atoms with van der Waals surface area (Å²) >= 11 is 5.95. The van der Waals surface area contributed by atoms with Gasteiger partial charge in [0.1, 0.15) is 5.15 Å². The van der Waals surface area contributed by atoms with E-state index in [9.17, 15) is 4.79 Å². The Kier molecular flexibility index (Phi) is 4.91. The molecule has 0 spiro atoms. The van der Waals surface area contributed by atoms with E-state index in [4.69, 9.17) is 11.6 Å². The molecule has 3 nitrogen and oxygen atoms in total. The van der Waals surface area contributed by atoms with Gasteiger partial charge in [-0.25, -0.2) is 4.98 Å². The maximum absolute atomic E-state index is 11.9. The highest BCUT2D eigenvalue weighted by molar-refractivity contribution is 6.29. The van der Waals surface area contributed by atoms with E-state index in [-0.39, 0.29) is 11.3 Å². The molecule has 0 bridgehead atoms. The average molecular weight is 267 g/mol. The van der Waals surface area contributed by atoms with E-state index in [1.165, 1.54) is 0 Å². The van der Waals surface area contributed by atoms with Crippen molar-refractivity contribution in [2.75, 3.05) is 6.54 Å². The zero-order chi connectivity index (χ0) is 13.8. The molecule has 0 saturated heterocycles. The van der Waals surface area contributed by atoms with Gasteiger partial charge in [-0.1, -0.05) is 38.4 Å². The monoisotopic (exact) mass is 266 g/mol. The van der Waals surface area contributed by atoms with Crippen LogP contribution in [0, 0.1) is 0 Å². The van der Waals surface area contributed by atoms with Crippen LogP contribution in [0.25, 0.3) is 0 Å². The lowest BCUT2D eigenvalue weighted by Crippen LogP contribution is -2.25. The molecule has 0 radical (unpaired) electrons. The maximum atomic E-state index is 11.9. The van der Waals surface area contributed by atoms with E-state index < -0.39 is 0 Å². The van der Waals surface area contributed by atoms with Crippen LogP contribution in [-0.2, 0) is 5.41 Å². The third-order valence-electron chi connectivity index (χ3n) is 2.46. The summed E-state index contributed by atoms with van der Waals surface area (Å²) < 4.78 is 0. The van der Waals surface area contributed by atoms with Gasteiger partial charge in [-0.05, 0) is 18.6 Å². The summed E-state index contributed by atoms with van der Waals surface area (Å²) in [7, 11) is 0. The summed E-state index contributed by atoms with van der Waals surface area (Å²) in [5, 5.41) is 3.15. The molecule has 18 heavy (non-hydrogen) atoms. The largest absolute Gasteiger partial charge is 0.352 e. The van der Waals surface area contributed by atoms with Crippen LogP contribution >= 0.6 is 11.6 Å². The molecule has 0 aromatic carbocycles. The SMILES string of the molecule is C=CCCNC(=O)c1cc(Cl)nc(C(C)(C)C)c1. The van der Waals surface area contributed by atoms with E-state index in [0.717, 1.165) is 12.1 Å². The molecule has 0 atom stereocenters. The van der Waals surface area contributed by atoms with Crippen molar-refractivity contribution >= 4 is 17.5 Å². The third-order valence-corrected chi connectivity index (χ3v) is 2.65. The van der Waals surface area contributed by atoms with Crippen molar-refractivity contribution in [3.63, 3.8) is 0 Å². The number of hydrogen-bond acceptors (Lipinski definition) is 2. The van der Waals surface area contributed by atoms with Crippen molar-refractivity contribution in [1.29, 1.82) is 0 Å². The van der Waals surface area contributed by atoms with Gasteiger partial charge in [0.05, 0.1) is 0 Å². The number of hydrogen-bond donors (Lipinski definition) is 1. The van der Waals surface area contributed by atoms with Crippen LogP contribution in [0.15, 0.2) is 24.8 Å². The quantitative estimate of drug-likeness (QED) is 0.516. The Balaban J connectivity index is 2.92. The van der Waals surface area contributed by atoms with Crippen molar-refractivity contribution in [1.82, 2.24) is 10.3 Å². The number of halogens is 1. The van der Waals surface area contributed by atoms with Crippen LogP contribution in [-0.4, -0.2) is 17.4 Å². The summed E-state index contributed by atoms with van der Waals surface area (Å²) in [5.41, 5.74) is 1.22. The maximum Gasteiger partial charge on any atom is 0.251 e. The van der Waals surface area contributed by atoms with Gasteiger partial charge in [0.25, 0.3) is 5.91 Å². The van der Waals surface area contributed by atoms with Gasteiger partial charge in [-0.3, -0.25) is 4.79 Å². The van der Waals surface area contributed by atoms with Gasteiger partial charge in [0.2, 0.25) is 0 Å². The first-order valence-electron chi connectivity index (χ1n) is 5.92. The van der Waals surface area contributed by atoms with Crippen LogP contribution in [0.3, 0.4) is 0 Å². The molecular formula is C14H19ClN2O. The van der Waals surface area contributed by atoms with Crippen molar-refractivity contribution in [2.45, 2.75) is 32.6 Å². The third kappa shape index (κ3) is 4.15. The minimum absolute atomic E-state index is 0.133. The normalized spacial score (nSPS) is 11.1. The number of carbonyl (C=O) groups excluding carboxylic acids is 1. The number of aromatic nitrogens is 1. The predicted molar refractivity (Wildman–Crippen MR) is 75.1 cm³/mol. The molecule has 0 aliphatic rings. The lowest BCUT2D eigenvalue weighted by atomic mass is 9.91. The van der Waals surface area contributed by atoms with E-state index in [1.54, 1.807) is 18.2 Å². The second kappa shape index (κ2) is 6.01. The Morgan fingerprint density at radius 3 is 2.72 bits per heavy atom. The number of nitrogens with one attached hydrogen (secondary N) is 1. The molecule has 1 amide bonds. The number of rotatable bonds is 4. The molecule has 98 valence electrons. The number of nitrogens with zero attached hydrogens (tertiary/aromatic N) is 1. The predicted octanol–water partition coefficient (Wildman–Crippen LogP) is 3.34. The summed E-state index contributed by atoms with van der Waals surface area (Å²) in [6.45, 7) is 10.3. The standard InChI is InChI=1S/C14H19ClN2O/c1-5-6-7-16-13(18)10-8-11(14(2,3)4)17-12(15)9-10/h5,8-9H,1,6-7H2,2-4H3,(H,16,18). The molecule has 0 saturated carbocycles. The summed E-state index contributed by atoms with van der Waals surface area (Å²) in [6.07, 6.45) is 2.51. The molecule has 0 aliphatic carbocycles. The Bertz CT molecular complexity index is 450. The van der Waals surface area contributed by atoms with Crippen LogP contribution in [0.2, 0.25) is 5.15 Å². The summed E-state index contributed by atoms with van der Waals surface area (Å²) in [4.78, 5) is 16.2. The molecule has 1 heterocycles. The van der Waals surface area contributed by atoms with Gasteiger partial charge < -0.3 is 5.32 Å². The van der Waals surface area contributed by atoms with Gasteiger partial charge in [0.15, 0.2) is 0 Å². The topological polar surface area (TPSA) is 42.0 Å². The lowest BCUT2D eigenvalue weighted by Gasteiger charge is -2.18. The molecule has 0 unspecified atom stereocenters. The smallest absolute Gasteiger partial charge is 0.251 e. The molecular weight excluding hydrogens is 248 g/mol. The van der Waals surface area contributed by atoms with Crippen molar-refractivity contribution in [3.8, 4) is 0 Å². The molecule has 0 aliphatic heterocycles. The fourth-order valence-corrected chi connectivity index (χ4v) is 1.61. The zero-order valence-electron chi connectivity index (χ0n) is 11.1. The van der Waals surface area contributed by atoms with Crippen LogP contribution < -0.4 is 5.32 Å². The second-order valence-corrected chi connectivity index (χ2v) is 5.53. The van der Waals surface area contributed by atoms with E-state index in [1.807, 2.05) is 20.8 Å². The Morgan fingerprint density at radius 1 is 1.50 bits per heavy atom. The highest BCUT2D eigenvalue weighted by Crippen LogP contribution is 2.23. The van der Waals surface area contributed by atoms with E-state index in [2.05, 4.69) is 16.9 Å². The minimum atomic E-state index is -0.138. The average Bonchev–Trinajstić information content (AvgIpc) is 2.27. The first-order chi connectivity index (χ1) is 8.34. The first kappa shape index (κ1) is 14.7. The molecule has 0 fully saturated rings. The Labute approximate surface area is 113 Å². The molecule has 1 N–H and O–H groups in total. The van der Waals surface area contributed by atoms with Crippen molar-refractivity contribution < 1.29 is 4.79 Å². The van der Waals surface area contributed by atoms with Gasteiger partial charge in [-0.15, -0.1) is 6.58 Å². The van der Waals surface area contributed by atoms with Crippen molar-refractivity contribution in [3.05, 3.63) is 41.2 Å². The molecule has 1 rings (SSSR count). The molecule has 4 heteroatoms. The molecule has 1 aromatic heterocycles. The Hall–Kier alpha value is -1.35. The van der Waals surface area contributed by atoms with Gasteiger partial charge in [0, 0.05) is 23.2 Å². The highest BCUT2D eigenvalue weighted by atomic mass is 35.5. The van der Waals surface area contributed by atoms with Crippen LogP contribution in [0.1, 0.15) is 43.2 Å². The van der Waals surface area contributed by atoms with Crippen LogP contribution in [0.4, 0.5) is 0 Å². The summed E-state index contributed by atoms with van der Waals surface area (Å²) in [5.74, 6) is -0.133. The first-order valence-corrected chi connectivity index (χ1v) is 6.29. The second-order valence-electron chi connectivity index (χ2n) is 5.15. The van der Waals surface area contributed by atoms with Crippen molar-refractivity contribution in [2.24, 2.45) is 0 Å². The Morgan fingerprint density at radius 2 is 2.17 bits per heavy atom. The fraction of sp³-hybridized carbons (Fsp3) is 0.429.